The van der Waals surface area contributed by atoms with Gasteiger partial charge >= 0.3 is 0 Å². The van der Waals surface area contributed by atoms with Crippen molar-refractivity contribution in [1.82, 2.24) is 5.32 Å². The van der Waals surface area contributed by atoms with E-state index in [-0.39, 0.29) is 11.0 Å². The van der Waals surface area contributed by atoms with E-state index >= 15 is 0 Å². The van der Waals surface area contributed by atoms with Gasteiger partial charge < -0.3 is 5.32 Å². The summed E-state index contributed by atoms with van der Waals surface area (Å²) in [5, 5.41) is 3.33. The molecular formula is C17H23NO3S. The lowest BCUT2D eigenvalue weighted by atomic mass is 9.93. The van der Waals surface area contributed by atoms with Gasteiger partial charge in [-0.15, -0.1) is 0 Å². The van der Waals surface area contributed by atoms with Crippen molar-refractivity contribution in [3.8, 4) is 0 Å². The predicted octanol–water partition coefficient (Wildman–Crippen LogP) is 3.38. The van der Waals surface area contributed by atoms with Crippen LogP contribution in [-0.2, 0) is 14.3 Å². The van der Waals surface area contributed by atoms with Crippen LogP contribution in [0.4, 0.5) is 0 Å². The molecule has 5 heteroatoms. The van der Waals surface area contributed by atoms with E-state index in [4.69, 9.17) is 4.18 Å². The van der Waals surface area contributed by atoms with Crippen LogP contribution in [0.5, 0.6) is 0 Å². The summed E-state index contributed by atoms with van der Waals surface area (Å²) in [5.74, 6) is 0. The normalized spacial score (nSPS) is 22.0. The Labute approximate surface area is 133 Å². The van der Waals surface area contributed by atoms with Gasteiger partial charge in [-0.3, -0.25) is 4.18 Å². The highest BCUT2D eigenvalue weighted by Crippen LogP contribution is 2.25. The van der Waals surface area contributed by atoms with Crippen molar-refractivity contribution in [3.05, 3.63) is 54.8 Å². The average molecular weight is 321 g/mol. The predicted molar refractivity (Wildman–Crippen MR) is 87.8 cm³/mol. The third-order valence-corrected chi connectivity index (χ3v) is 5.24. The third kappa shape index (κ3) is 4.45. The van der Waals surface area contributed by atoms with Crippen LogP contribution in [0.25, 0.3) is 0 Å². The molecule has 0 bridgehead atoms. The summed E-state index contributed by atoms with van der Waals surface area (Å²) in [5.41, 5.74) is 1.77. The first-order chi connectivity index (χ1) is 10.4. The number of benzene rings is 1. The molecule has 1 aliphatic rings. The van der Waals surface area contributed by atoms with Crippen molar-refractivity contribution in [3.63, 3.8) is 0 Å². The zero-order chi connectivity index (χ0) is 16.2. The van der Waals surface area contributed by atoms with E-state index in [0.717, 1.165) is 24.1 Å². The molecule has 2 rings (SSSR count). The molecule has 1 aromatic carbocycles. The first-order valence-electron chi connectivity index (χ1n) is 7.48. The molecule has 22 heavy (non-hydrogen) atoms. The van der Waals surface area contributed by atoms with Gasteiger partial charge in [-0.2, -0.15) is 8.42 Å². The summed E-state index contributed by atoms with van der Waals surface area (Å²) < 4.78 is 29.7. The second kappa shape index (κ2) is 7.11. The van der Waals surface area contributed by atoms with Crippen LogP contribution in [0.1, 0.15) is 32.6 Å². The summed E-state index contributed by atoms with van der Waals surface area (Å²) in [6.45, 7) is 9.69. The monoisotopic (exact) mass is 321 g/mol. The molecular weight excluding hydrogens is 298 g/mol. The van der Waals surface area contributed by atoms with Crippen molar-refractivity contribution in [2.24, 2.45) is 0 Å². The van der Waals surface area contributed by atoms with Gasteiger partial charge in [-0.1, -0.05) is 31.4 Å². The fourth-order valence-electron chi connectivity index (χ4n) is 2.49. The standard InChI is InChI=1S/C17H23NO3S/c1-13(2)14(3)18-15-9-11-16(12-10-15)21-22(19,20)17-7-5-4-6-8-17/h4-8,15-16,18H,1,3,9-12H2,2H3. The summed E-state index contributed by atoms with van der Waals surface area (Å²) in [6, 6.07) is 8.59. The molecule has 1 N–H and O–H groups in total. The number of allylic oxidation sites excluding steroid dienone is 1. The van der Waals surface area contributed by atoms with Crippen LogP contribution in [0, 0.1) is 0 Å². The molecule has 0 radical (unpaired) electrons. The van der Waals surface area contributed by atoms with E-state index < -0.39 is 10.1 Å². The van der Waals surface area contributed by atoms with Crippen LogP contribution in [0.3, 0.4) is 0 Å². The molecule has 0 heterocycles. The van der Waals surface area contributed by atoms with E-state index in [2.05, 4.69) is 18.5 Å². The minimum Gasteiger partial charge on any atom is -0.383 e. The number of nitrogens with one attached hydrogen (secondary N) is 1. The van der Waals surface area contributed by atoms with Crippen LogP contribution in [0.2, 0.25) is 0 Å². The molecule has 0 spiro atoms. The minimum absolute atomic E-state index is 0.214. The molecule has 0 aromatic heterocycles. The quantitative estimate of drug-likeness (QED) is 0.644. The maximum Gasteiger partial charge on any atom is 0.297 e. The molecule has 1 saturated carbocycles. The largest absolute Gasteiger partial charge is 0.383 e. The van der Waals surface area contributed by atoms with E-state index in [1.54, 1.807) is 30.3 Å². The summed E-state index contributed by atoms with van der Waals surface area (Å²) in [6.07, 6.45) is 2.91. The Balaban J connectivity index is 1.88. The second-order valence-corrected chi connectivity index (χ2v) is 7.31. The third-order valence-electron chi connectivity index (χ3n) is 3.86. The number of rotatable bonds is 6. The molecule has 1 fully saturated rings. The van der Waals surface area contributed by atoms with E-state index in [1.165, 1.54) is 0 Å². The Morgan fingerprint density at radius 3 is 2.27 bits per heavy atom. The van der Waals surface area contributed by atoms with Gasteiger partial charge in [-0.25, -0.2) is 0 Å². The van der Waals surface area contributed by atoms with Crippen LogP contribution in [-0.4, -0.2) is 20.6 Å². The van der Waals surface area contributed by atoms with Gasteiger partial charge in [0.25, 0.3) is 10.1 Å². The van der Waals surface area contributed by atoms with E-state index in [0.29, 0.717) is 18.9 Å². The summed E-state index contributed by atoms with van der Waals surface area (Å²) in [7, 11) is -3.67. The Kier molecular flexibility index (Phi) is 5.42. The smallest absolute Gasteiger partial charge is 0.297 e. The molecule has 0 aliphatic heterocycles. The van der Waals surface area contributed by atoms with Gasteiger partial charge in [0.15, 0.2) is 0 Å². The van der Waals surface area contributed by atoms with Crippen LogP contribution >= 0.6 is 0 Å². The highest BCUT2D eigenvalue weighted by molar-refractivity contribution is 7.86. The molecule has 0 unspecified atom stereocenters. The topological polar surface area (TPSA) is 55.4 Å². The van der Waals surface area contributed by atoms with Gasteiger partial charge in [-0.05, 0) is 50.3 Å². The Bertz CT molecular complexity index is 629. The van der Waals surface area contributed by atoms with Crippen LogP contribution in [0.15, 0.2) is 59.7 Å². The minimum atomic E-state index is -3.67. The lowest BCUT2D eigenvalue weighted by molar-refractivity contribution is 0.149. The molecule has 1 aliphatic carbocycles. The maximum atomic E-state index is 12.2. The van der Waals surface area contributed by atoms with Crippen molar-refractivity contribution in [2.45, 2.75) is 49.6 Å². The second-order valence-electron chi connectivity index (χ2n) is 5.74. The fraction of sp³-hybridized carbons (Fsp3) is 0.412. The first kappa shape index (κ1) is 16.8. The van der Waals surface area contributed by atoms with Crippen molar-refractivity contribution in [2.75, 3.05) is 0 Å². The first-order valence-corrected chi connectivity index (χ1v) is 8.89. The summed E-state index contributed by atoms with van der Waals surface area (Å²) >= 11 is 0. The van der Waals surface area contributed by atoms with Gasteiger partial charge in [0, 0.05) is 11.7 Å². The lowest BCUT2D eigenvalue weighted by Gasteiger charge is -2.30. The Morgan fingerprint density at radius 1 is 1.14 bits per heavy atom. The zero-order valence-corrected chi connectivity index (χ0v) is 13.7. The average Bonchev–Trinajstić information content (AvgIpc) is 2.50. The number of hydrogen-bond donors (Lipinski definition) is 1. The zero-order valence-electron chi connectivity index (χ0n) is 12.9. The molecule has 0 atom stereocenters. The highest BCUT2D eigenvalue weighted by Gasteiger charge is 2.27. The van der Waals surface area contributed by atoms with Gasteiger partial charge in [0.1, 0.15) is 0 Å². The Morgan fingerprint density at radius 2 is 1.73 bits per heavy atom. The van der Waals surface area contributed by atoms with Crippen molar-refractivity contribution in [1.29, 1.82) is 0 Å². The SMILES string of the molecule is C=C(C)C(=C)NC1CCC(OS(=O)(=O)c2ccccc2)CC1. The highest BCUT2D eigenvalue weighted by atomic mass is 32.2. The number of hydrogen-bond acceptors (Lipinski definition) is 4. The molecule has 120 valence electrons. The van der Waals surface area contributed by atoms with E-state index in [9.17, 15) is 8.42 Å². The van der Waals surface area contributed by atoms with Gasteiger partial charge in [0.05, 0.1) is 11.0 Å². The molecule has 4 nitrogen and oxygen atoms in total. The van der Waals surface area contributed by atoms with Crippen LogP contribution < -0.4 is 5.32 Å². The molecule has 0 amide bonds. The van der Waals surface area contributed by atoms with E-state index in [1.807, 2.05) is 6.92 Å². The fourth-order valence-corrected chi connectivity index (χ4v) is 3.65. The van der Waals surface area contributed by atoms with Gasteiger partial charge in [0.2, 0.25) is 0 Å². The maximum absolute atomic E-state index is 12.2. The van der Waals surface area contributed by atoms with Crippen molar-refractivity contribution >= 4 is 10.1 Å². The Hall–Kier alpha value is -1.59. The lowest BCUT2D eigenvalue weighted by Crippen LogP contribution is -2.35. The summed E-state index contributed by atoms with van der Waals surface area (Å²) in [4.78, 5) is 0.214. The molecule has 1 aromatic rings. The molecule has 0 saturated heterocycles. The van der Waals surface area contributed by atoms with Crippen molar-refractivity contribution < 1.29 is 12.6 Å².